The molecule has 2 aliphatic rings. The van der Waals surface area contributed by atoms with Gasteiger partial charge in [-0.1, -0.05) is 12.8 Å². The number of aryl methyl sites for hydroxylation is 1. The summed E-state index contributed by atoms with van der Waals surface area (Å²) >= 11 is 0. The predicted octanol–water partition coefficient (Wildman–Crippen LogP) is 2.58. The fourth-order valence-corrected chi connectivity index (χ4v) is 3.47. The molecule has 23 heavy (non-hydrogen) atoms. The molecule has 1 aliphatic heterocycles. The van der Waals surface area contributed by atoms with Crippen LogP contribution in [0.3, 0.4) is 0 Å². The van der Waals surface area contributed by atoms with E-state index in [0.717, 1.165) is 37.6 Å². The van der Waals surface area contributed by atoms with Crippen LogP contribution in [0.1, 0.15) is 50.4 Å². The van der Waals surface area contributed by atoms with Crippen molar-refractivity contribution < 1.29 is 4.74 Å². The van der Waals surface area contributed by atoms with Crippen LogP contribution in [0.5, 0.6) is 5.88 Å². The number of nitrogens with one attached hydrogen (secondary N) is 1. The molecular weight excluding hydrogens is 292 g/mol. The van der Waals surface area contributed by atoms with Crippen LogP contribution in [-0.4, -0.2) is 31.3 Å². The fraction of sp³-hybridized carbons (Fsp3) is 0.625. The lowest BCUT2D eigenvalue weighted by atomic mass is 10.1. The number of anilines is 1. The van der Waals surface area contributed by atoms with E-state index in [1.807, 2.05) is 4.68 Å². The first-order chi connectivity index (χ1) is 11.4. The maximum absolute atomic E-state index is 5.83. The summed E-state index contributed by atoms with van der Waals surface area (Å²) in [6.45, 7) is 1.68. The third-order valence-corrected chi connectivity index (χ3v) is 4.70. The van der Waals surface area contributed by atoms with Crippen LogP contribution in [0.4, 0.5) is 5.82 Å². The molecule has 0 spiro atoms. The maximum atomic E-state index is 5.83. The Kier molecular flexibility index (Phi) is 4.08. The molecule has 7 nitrogen and oxygen atoms in total. The predicted molar refractivity (Wildman–Crippen MR) is 85.1 cm³/mol. The van der Waals surface area contributed by atoms with Gasteiger partial charge in [0.25, 0.3) is 0 Å². The first-order valence-electron chi connectivity index (χ1n) is 8.47. The molecule has 1 N–H and O–H groups in total. The number of fused-ring (bicyclic) bond motifs is 1. The Balaban J connectivity index is 1.41. The Morgan fingerprint density at radius 3 is 3.00 bits per heavy atom. The molecule has 3 heterocycles. The quantitative estimate of drug-likeness (QED) is 0.914. The minimum atomic E-state index is 0.130. The maximum Gasteiger partial charge on any atom is 0.234 e. The molecule has 0 saturated heterocycles. The molecule has 0 radical (unpaired) electrons. The average Bonchev–Trinajstić information content (AvgIpc) is 3.25. The van der Waals surface area contributed by atoms with E-state index in [1.165, 1.54) is 25.7 Å². The zero-order chi connectivity index (χ0) is 15.5. The summed E-state index contributed by atoms with van der Waals surface area (Å²) in [4.78, 5) is 13.1. The highest BCUT2D eigenvalue weighted by molar-refractivity contribution is 5.35. The second kappa shape index (κ2) is 6.52. The summed E-state index contributed by atoms with van der Waals surface area (Å²) in [6, 6.07) is 0.130. The Morgan fingerprint density at radius 1 is 1.17 bits per heavy atom. The molecule has 1 fully saturated rings. The van der Waals surface area contributed by atoms with Gasteiger partial charge in [-0.2, -0.15) is 10.1 Å². The van der Waals surface area contributed by atoms with Crippen molar-refractivity contribution in [1.82, 2.24) is 24.7 Å². The Labute approximate surface area is 135 Å². The summed E-state index contributed by atoms with van der Waals surface area (Å²) in [7, 11) is 0. The number of aromatic nitrogens is 5. The molecule has 0 amide bonds. The van der Waals surface area contributed by atoms with Gasteiger partial charge in [0.15, 0.2) is 0 Å². The van der Waals surface area contributed by atoms with Crippen LogP contribution in [0.15, 0.2) is 18.7 Å². The number of hydrogen-bond acceptors (Lipinski definition) is 6. The SMILES string of the molecule is c1nc2n(n1)CCCC2Nc1cncc(OCC2CCCC2)n1. The van der Waals surface area contributed by atoms with Gasteiger partial charge in [0, 0.05) is 6.54 Å². The van der Waals surface area contributed by atoms with E-state index in [-0.39, 0.29) is 6.04 Å². The van der Waals surface area contributed by atoms with Crippen molar-refractivity contribution in [3.05, 3.63) is 24.5 Å². The average molecular weight is 314 g/mol. The van der Waals surface area contributed by atoms with Gasteiger partial charge in [-0.3, -0.25) is 4.98 Å². The number of hydrogen-bond donors (Lipinski definition) is 1. The minimum Gasteiger partial charge on any atom is -0.476 e. The zero-order valence-electron chi connectivity index (χ0n) is 13.2. The summed E-state index contributed by atoms with van der Waals surface area (Å²) < 4.78 is 7.78. The van der Waals surface area contributed by atoms with Crippen LogP contribution in [-0.2, 0) is 6.54 Å². The van der Waals surface area contributed by atoms with E-state index in [2.05, 4.69) is 25.4 Å². The van der Waals surface area contributed by atoms with Gasteiger partial charge in [0.05, 0.1) is 25.0 Å². The van der Waals surface area contributed by atoms with Crippen LogP contribution >= 0.6 is 0 Å². The third kappa shape index (κ3) is 3.28. The van der Waals surface area contributed by atoms with Crippen LogP contribution < -0.4 is 10.1 Å². The highest BCUT2D eigenvalue weighted by atomic mass is 16.5. The van der Waals surface area contributed by atoms with E-state index in [0.29, 0.717) is 11.8 Å². The van der Waals surface area contributed by atoms with Gasteiger partial charge in [0.2, 0.25) is 5.88 Å². The molecule has 0 aromatic carbocycles. The van der Waals surface area contributed by atoms with Gasteiger partial charge in [0.1, 0.15) is 18.0 Å². The Hall–Kier alpha value is -2.18. The number of nitrogens with zero attached hydrogens (tertiary/aromatic N) is 5. The topological polar surface area (TPSA) is 77.8 Å². The molecule has 2 aromatic heterocycles. The molecule has 1 aliphatic carbocycles. The molecule has 4 rings (SSSR count). The second-order valence-electron chi connectivity index (χ2n) is 6.38. The lowest BCUT2D eigenvalue weighted by Gasteiger charge is -2.23. The van der Waals surface area contributed by atoms with Crippen molar-refractivity contribution in [2.24, 2.45) is 5.92 Å². The second-order valence-corrected chi connectivity index (χ2v) is 6.38. The first-order valence-corrected chi connectivity index (χ1v) is 8.47. The normalized spacial score (nSPS) is 21.1. The molecule has 122 valence electrons. The fourth-order valence-electron chi connectivity index (χ4n) is 3.47. The van der Waals surface area contributed by atoms with Crippen molar-refractivity contribution in [3.63, 3.8) is 0 Å². The Bertz CT molecular complexity index is 652. The summed E-state index contributed by atoms with van der Waals surface area (Å²) in [6.07, 6.45) is 12.3. The molecule has 7 heteroatoms. The van der Waals surface area contributed by atoms with E-state index >= 15 is 0 Å². The van der Waals surface area contributed by atoms with Gasteiger partial charge in [-0.25, -0.2) is 9.67 Å². The van der Waals surface area contributed by atoms with Gasteiger partial charge in [-0.15, -0.1) is 0 Å². The molecule has 2 aromatic rings. The lowest BCUT2D eigenvalue weighted by molar-refractivity contribution is 0.243. The minimum absolute atomic E-state index is 0.130. The summed E-state index contributed by atoms with van der Waals surface area (Å²) in [5.74, 6) is 2.97. The number of ether oxygens (including phenoxy) is 1. The van der Waals surface area contributed by atoms with Crippen LogP contribution in [0.25, 0.3) is 0 Å². The zero-order valence-corrected chi connectivity index (χ0v) is 13.2. The van der Waals surface area contributed by atoms with Gasteiger partial charge >= 0.3 is 0 Å². The largest absolute Gasteiger partial charge is 0.476 e. The molecule has 1 saturated carbocycles. The molecule has 1 atom stereocenters. The Morgan fingerprint density at radius 2 is 2.09 bits per heavy atom. The summed E-state index contributed by atoms with van der Waals surface area (Å²) in [5, 5.41) is 7.66. The smallest absolute Gasteiger partial charge is 0.234 e. The molecule has 0 bridgehead atoms. The van der Waals surface area contributed by atoms with Crippen LogP contribution in [0, 0.1) is 5.92 Å². The van der Waals surface area contributed by atoms with Crippen molar-refractivity contribution in [1.29, 1.82) is 0 Å². The van der Waals surface area contributed by atoms with E-state index in [4.69, 9.17) is 4.74 Å². The van der Waals surface area contributed by atoms with Crippen LogP contribution in [0.2, 0.25) is 0 Å². The van der Waals surface area contributed by atoms with E-state index < -0.39 is 0 Å². The standard InChI is InChI=1S/C16H22N6O/c1-2-5-12(4-1)10-23-15-9-17-8-14(21-15)20-13-6-3-7-22-16(13)18-11-19-22/h8-9,11-13H,1-7,10H2,(H,20,21). The first kappa shape index (κ1) is 14.4. The highest BCUT2D eigenvalue weighted by Gasteiger charge is 2.23. The van der Waals surface area contributed by atoms with Crippen molar-refractivity contribution in [2.45, 2.75) is 51.1 Å². The lowest BCUT2D eigenvalue weighted by Crippen LogP contribution is -2.23. The van der Waals surface area contributed by atoms with Crippen molar-refractivity contribution in [3.8, 4) is 5.88 Å². The van der Waals surface area contributed by atoms with Gasteiger partial charge in [-0.05, 0) is 31.6 Å². The number of rotatable bonds is 5. The van der Waals surface area contributed by atoms with Crippen molar-refractivity contribution >= 4 is 5.82 Å². The van der Waals surface area contributed by atoms with Gasteiger partial charge < -0.3 is 10.1 Å². The summed E-state index contributed by atoms with van der Waals surface area (Å²) in [5.41, 5.74) is 0. The van der Waals surface area contributed by atoms with E-state index in [1.54, 1.807) is 18.7 Å². The van der Waals surface area contributed by atoms with Crippen molar-refractivity contribution in [2.75, 3.05) is 11.9 Å². The highest BCUT2D eigenvalue weighted by Crippen LogP contribution is 2.27. The molecular formula is C16H22N6O. The monoisotopic (exact) mass is 314 g/mol. The van der Waals surface area contributed by atoms with E-state index in [9.17, 15) is 0 Å². The third-order valence-electron chi connectivity index (χ3n) is 4.70. The molecule has 1 unspecified atom stereocenters.